The van der Waals surface area contributed by atoms with Gasteiger partial charge in [-0.15, -0.1) is 0 Å². The Morgan fingerprint density at radius 3 is 2.61 bits per heavy atom. The van der Waals surface area contributed by atoms with Gasteiger partial charge in [-0.25, -0.2) is 18.4 Å². The van der Waals surface area contributed by atoms with Gasteiger partial charge in [-0.1, -0.05) is 12.1 Å². The first-order valence-corrected chi connectivity index (χ1v) is 11.2. The van der Waals surface area contributed by atoms with Gasteiger partial charge < -0.3 is 9.88 Å². The standard InChI is InChI=1S/C20H25N5O2S/c1-2-25-18-8-4-3-7-17(18)23-20(25)11-12-21-19-10-9-16(15-22-19)28(26,27)24-13-5-6-14-24/h3-4,7-10,15H,2,5-6,11-14H2,1H3,(H,21,22). The molecule has 1 N–H and O–H groups in total. The van der Waals surface area contributed by atoms with Crippen LogP contribution in [0.15, 0.2) is 47.5 Å². The van der Waals surface area contributed by atoms with Crippen LogP contribution in [-0.2, 0) is 23.0 Å². The van der Waals surface area contributed by atoms with Crippen LogP contribution in [0.25, 0.3) is 11.0 Å². The number of nitrogens with zero attached hydrogens (tertiary/aromatic N) is 4. The normalized spacial score (nSPS) is 15.3. The average Bonchev–Trinajstić information content (AvgIpc) is 3.36. The highest BCUT2D eigenvalue weighted by atomic mass is 32.2. The maximum Gasteiger partial charge on any atom is 0.244 e. The van der Waals surface area contributed by atoms with Crippen molar-refractivity contribution in [2.75, 3.05) is 25.0 Å². The van der Waals surface area contributed by atoms with E-state index in [0.717, 1.165) is 42.7 Å². The van der Waals surface area contributed by atoms with Crippen molar-refractivity contribution in [1.29, 1.82) is 0 Å². The topological polar surface area (TPSA) is 80.1 Å². The van der Waals surface area contributed by atoms with E-state index in [1.54, 1.807) is 12.1 Å². The van der Waals surface area contributed by atoms with Crippen molar-refractivity contribution < 1.29 is 8.42 Å². The van der Waals surface area contributed by atoms with E-state index < -0.39 is 10.0 Å². The Hall–Kier alpha value is -2.45. The van der Waals surface area contributed by atoms with Crippen LogP contribution < -0.4 is 5.32 Å². The fourth-order valence-corrected chi connectivity index (χ4v) is 5.15. The first-order valence-electron chi connectivity index (χ1n) is 9.74. The number of fused-ring (bicyclic) bond motifs is 1. The quantitative estimate of drug-likeness (QED) is 0.661. The van der Waals surface area contributed by atoms with Gasteiger partial charge in [0, 0.05) is 38.8 Å². The van der Waals surface area contributed by atoms with Gasteiger partial charge in [0.1, 0.15) is 16.5 Å². The molecule has 7 nitrogen and oxygen atoms in total. The number of aryl methyl sites for hydroxylation is 1. The Morgan fingerprint density at radius 2 is 1.89 bits per heavy atom. The number of benzene rings is 1. The first kappa shape index (κ1) is 18.9. The summed E-state index contributed by atoms with van der Waals surface area (Å²) in [5, 5.41) is 3.26. The van der Waals surface area contributed by atoms with Crippen LogP contribution in [0.5, 0.6) is 0 Å². The zero-order valence-electron chi connectivity index (χ0n) is 16.0. The maximum atomic E-state index is 12.6. The van der Waals surface area contributed by atoms with Crippen molar-refractivity contribution >= 4 is 26.9 Å². The fourth-order valence-electron chi connectivity index (χ4n) is 3.69. The van der Waals surface area contributed by atoms with Gasteiger partial charge in [-0.3, -0.25) is 0 Å². The van der Waals surface area contributed by atoms with Gasteiger partial charge in [0.2, 0.25) is 10.0 Å². The lowest BCUT2D eigenvalue weighted by molar-refractivity contribution is 0.477. The summed E-state index contributed by atoms with van der Waals surface area (Å²) < 4.78 is 28.9. The third-order valence-electron chi connectivity index (χ3n) is 5.14. The van der Waals surface area contributed by atoms with Crippen LogP contribution >= 0.6 is 0 Å². The van der Waals surface area contributed by atoms with E-state index in [4.69, 9.17) is 4.98 Å². The summed E-state index contributed by atoms with van der Waals surface area (Å²) in [6.07, 6.45) is 4.05. The minimum Gasteiger partial charge on any atom is -0.370 e. The van der Waals surface area contributed by atoms with Gasteiger partial charge in [-0.05, 0) is 44.0 Å². The van der Waals surface area contributed by atoms with Gasteiger partial charge >= 0.3 is 0 Å². The number of para-hydroxylation sites is 2. The molecule has 0 radical (unpaired) electrons. The number of anilines is 1. The van der Waals surface area contributed by atoms with E-state index in [-0.39, 0.29) is 4.90 Å². The number of aromatic nitrogens is 3. The van der Waals surface area contributed by atoms with Crippen molar-refractivity contribution in [1.82, 2.24) is 18.8 Å². The Kier molecular flexibility index (Phi) is 5.32. The second kappa shape index (κ2) is 7.89. The highest BCUT2D eigenvalue weighted by Crippen LogP contribution is 2.21. The molecule has 1 aromatic carbocycles. The third kappa shape index (κ3) is 3.62. The van der Waals surface area contributed by atoms with Crippen molar-refractivity contribution in [3.8, 4) is 0 Å². The lowest BCUT2D eigenvalue weighted by Crippen LogP contribution is -2.27. The molecule has 148 valence electrons. The van der Waals surface area contributed by atoms with Gasteiger partial charge in [-0.2, -0.15) is 4.31 Å². The summed E-state index contributed by atoms with van der Waals surface area (Å²) in [6, 6.07) is 11.5. The van der Waals surface area contributed by atoms with Gasteiger partial charge in [0.05, 0.1) is 11.0 Å². The molecule has 2 aromatic heterocycles. The highest BCUT2D eigenvalue weighted by Gasteiger charge is 2.27. The van der Waals surface area contributed by atoms with Crippen LogP contribution in [0.3, 0.4) is 0 Å². The molecule has 1 aliphatic heterocycles. The van der Waals surface area contributed by atoms with E-state index in [0.29, 0.717) is 25.5 Å². The third-order valence-corrected chi connectivity index (χ3v) is 7.03. The Balaban J connectivity index is 1.41. The van der Waals surface area contributed by atoms with Crippen molar-refractivity contribution in [2.45, 2.75) is 37.6 Å². The molecule has 28 heavy (non-hydrogen) atoms. The molecule has 1 saturated heterocycles. The first-order chi connectivity index (χ1) is 13.6. The van der Waals surface area contributed by atoms with E-state index in [2.05, 4.69) is 27.9 Å². The van der Waals surface area contributed by atoms with Crippen LogP contribution in [0.4, 0.5) is 5.82 Å². The van der Waals surface area contributed by atoms with Crippen LogP contribution in [-0.4, -0.2) is 46.9 Å². The average molecular weight is 400 g/mol. The zero-order valence-corrected chi connectivity index (χ0v) is 16.8. The number of hydrogen-bond donors (Lipinski definition) is 1. The predicted octanol–water partition coefficient (Wildman–Crippen LogP) is 2.89. The Bertz CT molecular complexity index is 1050. The summed E-state index contributed by atoms with van der Waals surface area (Å²) in [6.45, 7) is 4.86. The van der Waals surface area contributed by atoms with E-state index in [1.165, 1.54) is 10.5 Å². The van der Waals surface area contributed by atoms with Crippen molar-refractivity contribution in [3.05, 3.63) is 48.4 Å². The zero-order chi connectivity index (χ0) is 19.6. The molecule has 0 amide bonds. The number of imidazole rings is 1. The number of pyridine rings is 1. The molecule has 0 atom stereocenters. The molecule has 0 unspecified atom stereocenters. The number of rotatable bonds is 7. The van der Waals surface area contributed by atoms with Gasteiger partial charge in [0.25, 0.3) is 0 Å². The second-order valence-electron chi connectivity index (χ2n) is 6.93. The van der Waals surface area contributed by atoms with Crippen LogP contribution in [0.2, 0.25) is 0 Å². The van der Waals surface area contributed by atoms with Crippen LogP contribution in [0, 0.1) is 0 Å². The van der Waals surface area contributed by atoms with E-state index >= 15 is 0 Å². The molecule has 1 aliphatic rings. The smallest absolute Gasteiger partial charge is 0.244 e. The highest BCUT2D eigenvalue weighted by molar-refractivity contribution is 7.89. The molecule has 0 spiro atoms. The summed E-state index contributed by atoms with van der Waals surface area (Å²) in [7, 11) is -3.41. The number of hydrogen-bond acceptors (Lipinski definition) is 5. The van der Waals surface area contributed by atoms with Crippen molar-refractivity contribution in [3.63, 3.8) is 0 Å². The molecule has 1 fully saturated rings. The van der Waals surface area contributed by atoms with E-state index in [1.807, 2.05) is 18.2 Å². The minimum atomic E-state index is -3.41. The van der Waals surface area contributed by atoms with Gasteiger partial charge in [0.15, 0.2) is 0 Å². The SMILES string of the molecule is CCn1c(CCNc2ccc(S(=O)(=O)N3CCCC3)cn2)nc2ccccc21. The lowest BCUT2D eigenvalue weighted by Gasteiger charge is -2.15. The summed E-state index contributed by atoms with van der Waals surface area (Å²) in [5.41, 5.74) is 2.16. The summed E-state index contributed by atoms with van der Waals surface area (Å²) in [5.74, 6) is 1.70. The molecule has 4 rings (SSSR count). The maximum absolute atomic E-state index is 12.6. The van der Waals surface area contributed by atoms with E-state index in [9.17, 15) is 8.42 Å². The number of nitrogens with one attached hydrogen (secondary N) is 1. The Labute approximate surface area is 165 Å². The predicted molar refractivity (Wildman–Crippen MR) is 110 cm³/mol. The fraction of sp³-hybridized carbons (Fsp3) is 0.400. The molecular weight excluding hydrogens is 374 g/mol. The minimum absolute atomic E-state index is 0.257. The lowest BCUT2D eigenvalue weighted by atomic mass is 10.3. The molecule has 8 heteroatoms. The van der Waals surface area contributed by atoms with Crippen molar-refractivity contribution in [2.24, 2.45) is 0 Å². The largest absolute Gasteiger partial charge is 0.370 e. The molecule has 0 aliphatic carbocycles. The summed E-state index contributed by atoms with van der Waals surface area (Å²) >= 11 is 0. The van der Waals surface area contributed by atoms with Crippen LogP contribution in [0.1, 0.15) is 25.6 Å². The molecule has 0 saturated carbocycles. The molecular formula is C20H25N5O2S. The Morgan fingerprint density at radius 1 is 1.11 bits per heavy atom. The molecule has 0 bridgehead atoms. The molecule has 3 aromatic rings. The summed E-state index contributed by atoms with van der Waals surface area (Å²) in [4.78, 5) is 9.27. The molecule has 3 heterocycles. The monoisotopic (exact) mass is 399 g/mol. The number of sulfonamides is 1. The second-order valence-corrected chi connectivity index (χ2v) is 8.87.